The molecule has 0 bridgehead atoms. The average Bonchev–Trinajstić information content (AvgIpc) is 3.57. The predicted molar refractivity (Wildman–Crippen MR) is 138 cm³/mol. The van der Waals surface area contributed by atoms with Crippen molar-refractivity contribution in [2.45, 2.75) is 70.0 Å². The Hall–Kier alpha value is -2.78. The molecule has 3 amide bonds. The van der Waals surface area contributed by atoms with E-state index < -0.39 is 18.1 Å². The largest absolute Gasteiger partial charge is 0.343 e. The molecule has 1 saturated carbocycles. The summed E-state index contributed by atoms with van der Waals surface area (Å²) in [5.41, 5.74) is 1.85. The van der Waals surface area contributed by atoms with Crippen LogP contribution in [0.4, 0.5) is 5.00 Å². The van der Waals surface area contributed by atoms with E-state index >= 15 is 0 Å². The first-order chi connectivity index (χ1) is 17.0. The molecule has 1 aromatic carbocycles. The number of nitrogens with one attached hydrogen (secondary N) is 3. The van der Waals surface area contributed by atoms with Crippen LogP contribution in [-0.2, 0) is 14.4 Å². The Bertz CT molecular complexity index is 1020. The topological polar surface area (TPSA) is 103 Å². The van der Waals surface area contributed by atoms with Gasteiger partial charge in [0.1, 0.15) is 17.1 Å². The lowest BCUT2D eigenvalue weighted by Gasteiger charge is -2.35. The van der Waals surface area contributed by atoms with Gasteiger partial charge in [0.15, 0.2) is 0 Å². The average molecular weight is 498 g/mol. The van der Waals surface area contributed by atoms with Gasteiger partial charge in [-0.1, -0.05) is 49.6 Å². The van der Waals surface area contributed by atoms with Gasteiger partial charge in [-0.05, 0) is 62.7 Å². The van der Waals surface area contributed by atoms with E-state index in [0.717, 1.165) is 49.7 Å². The van der Waals surface area contributed by atoms with Gasteiger partial charge >= 0.3 is 0 Å². The van der Waals surface area contributed by atoms with Crippen LogP contribution in [0.3, 0.4) is 0 Å². The quantitative estimate of drug-likeness (QED) is 0.519. The smallest absolute Gasteiger partial charge is 0.247 e. The minimum absolute atomic E-state index is 0.0970. The highest BCUT2D eigenvalue weighted by Gasteiger charge is 2.41. The Kier molecular flexibility index (Phi) is 8.51. The first-order valence-electron chi connectivity index (χ1n) is 12.6. The summed E-state index contributed by atoms with van der Waals surface area (Å²) < 4.78 is 4.27. The minimum atomic E-state index is -0.602. The number of rotatable bonds is 8. The first kappa shape index (κ1) is 25.3. The SMILES string of the molecule is CN[C@@H](C)C(=O)N[C@H](C(=O)N1CCC[C@H]1C(=O)Nc1sncc1-c1ccccc1)C1CCCCC1. The number of likely N-dealkylation sites (N-methyl/N-ethyl adjacent to an activating group) is 1. The number of likely N-dealkylation sites (tertiary alicyclic amines) is 1. The van der Waals surface area contributed by atoms with Crippen LogP contribution in [0, 0.1) is 5.92 Å². The fourth-order valence-electron chi connectivity index (χ4n) is 5.09. The number of nitrogens with zero attached hydrogens (tertiary/aromatic N) is 2. The maximum atomic E-state index is 13.8. The maximum absolute atomic E-state index is 13.8. The normalized spacial score (nSPS) is 20.3. The van der Waals surface area contributed by atoms with E-state index in [-0.39, 0.29) is 23.6 Å². The van der Waals surface area contributed by atoms with Gasteiger partial charge in [-0.3, -0.25) is 14.4 Å². The number of carbonyl (C=O) groups excluding carboxylic acids is 3. The van der Waals surface area contributed by atoms with Gasteiger partial charge in [-0.2, -0.15) is 4.37 Å². The molecule has 2 fully saturated rings. The molecule has 2 heterocycles. The van der Waals surface area contributed by atoms with E-state index in [1.165, 1.54) is 11.5 Å². The molecule has 1 aromatic heterocycles. The molecular weight excluding hydrogens is 462 g/mol. The van der Waals surface area contributed by atoms with Crippen molar-refractivity contribution >= 4 is 34.3 Å². The van der Waals surface area contributed by atoms with E-state index in [0.29, 0.717) is 18.0 Å². The van der Waals surface area contributed by atoms with Crippen LogP contribution in [0.15, 0.2) is 36.5 Å². The summed E-state index contributed by atoms with van der Waals surface area (Å²) in [4.78, 5) is 41.6. The summed E-state index contributed by atoms with van der Waals surface area (Å²) in [6.07, 6.45) is 8.22. The van der Waals surface area contributed by atoms with Crippen LogP contribution in [-0.4, -0.2) is 58.7 Å². The highest BCUT2D eigenvalue weighted by atomic mass is 32.1. The lowest BCUT2D eigenvalue weighted by atomic mass is 9.83. The summed E-state index contributed by atoms with van der Waals surface area (Å²) >= 11 is 1.23. The highest BCUT2D eigenvalue weighted by Crippen LogP contribution is 2.33. The highest BCUT2D eigenvalue weighted by molar-refractivity contribution is 7.11. The van der Waals surface area contributed by atoms with Gasteiger partial charge in [-0.25, -0.2) is 0 Å². The maximum Gasteiger partial charge on any atom is 0.247 e. The Morgan fingerprint density at radius 3 is 2.51 bits per heavy atom. The van der Waals surface area contributed by atoms with E-state index in [9.17, 15) is 14.4 Å². The lowest BCUT2D eigenvalue weighted by Crippen LogP contribution is -2.57. The summed E-state index contributed by atoms with van der Waals surface area (Å²) in [5, 5.41) is 9.67. The van der Waals surface area contributed by atoms with Crippen molar-refractivity contribution in [3.05, 3.63) is 36.5 Å². The number of carbonyl (C=O) groups is 3. The van der Waals surface area contributed by atoms with Gasteiger partial charge in [-0.15, -0.1) is 0 Å². The molecule has 2 aliphatic rings. The second kappa shape index (κ2) is 11.8. The van der Waals surface area contributed by atoms with Crippen molar-refractivity contribution in [1.29, 1.82) is 0 Å². The van der Waals surface area contributed by atoms with Gasteiger partial charge in [0, 0.05) is 12.1 Å². The van der Waals surface area contributed by atoms with E-state index in [2.05, 4.69) is 20.3 Å². The third kappa shape index (κ3) is 5.90. The Morgan fingerprint density at radius 2 is 1.80 bits per heavy atom. The standard InChI is InChI=1S/C26H35N5O3S/c1-17(27-2)23(32)29-22(19-12-7-4-8-13-19)26(34)31-15-9-14-21(31)24(33)30-25-20(16-28-35-25)18-10-5-3-6-11-18/h3,5-6,10-11,16-17,19,21-22,27H,4,7-9,12-15H2,1-2H3,(H,29,32)(H,30,33)/t17-,21-,22-/m0/s1. The molecule has 1 aliphatic carbocycles. The molecule has 1 saturated heterocycles. The van der Waals surface area contributed by atoms with Crippen LogP contribution < -0.4 is 16.0 Å². The van der Waals surface area contributed by atoms with Gasteiger partial charge in [0.05, 0.1) is 12.2 Å². The molecule has 9 heteroatoms. The second-order valence-electron chi connectivity index (χ2n) is 9.51. The number of anilines is 1. The van der Waals surface area contributed by atoms with Crippen LogP contribution in [0.5, 0.6) is 0 Å². The Labute approximate surface area is 211 Å². The molecule has 0 spiro atoms. The number of amides is 3. The zero-order valence-corrected chi connectivity index (χ0v) is 21.3. The zero-order valence-electron chi connectivity index (χ0n) is 20.5. The molecule has 188 valence electrons. The molecule has 35 heavy (non-hydrogen) atoms. The molecule has 3 N–H and O–H groups in total. The number of aromatic nitrogens is 1. The van der Waals surface area contributed by atoms with Gasteiger partial charge < -0.3 is 20.9 Å². The summed E-state index contributed by atoms with van der Waals surface area (Å²) in [5.74, 6) is -0.429. The molecule has 4 rings (SSSR count). The number of benzene rings is 1. The van der Waals surface area contributed by atoms with Crippen molar-refractivity contribution in [2.24, 2.45) is 5.92 Å². The fourth-order valence-corrected chi connectivity index (χ4v) is 5.77. The van der Waals surface area contributed by atoms with Gasteiger partial charge in [0.25, 0.3) is 0 Å². The lowest BCUT2D eigenvalue weighted by molar-refractivity contribution is -0.142. The minimum Gasteiger partial charge on any atom is -0.343 e. The number of hydrogen-bond acceptors (Lipinski definition) is 6. The first-order valence-corrected chi connectivity index (χ1v) is 13.4. The fraction of sp³-hybridized carbons (Fsp3) is 0.538. The summed E-state index contributed by atoms with van der Waals surface area (Å²) in [6, 6.07) is 8.25. The second-order valence-corrected chi connectivity index (χ2v) is 10.3. The Balaban J connectivity index is 1.50. The van der Waals surface area contributed by atoms with E-state index in [1.807, 2.05) is 30.3 Å². The van der Waals surface area contributed by atoms with Crippen molar-refractivity contribution < 1.29 is 14.4 Å². The summed E-state index contributed by atoms with van der Waals surface area (Å²) in [7, 11) is 1.73. The molecule has 1 aliphatic heterocycles. The third-order valence-electron chi connectivity index (χ3n) is 7.24. The monoisotopic (exact) mass is 497 g/mol. The van der Waals surface area contributed by atoms with Crippen LogP contribution in [0.1, 0.15) is 51.9 Å². The molecule has 0 unspecified atom stereocenters. The van der Waals surface area contributed by atoms with Crippen LogP contribution >= 0.6 is 11.5 Å². The van der Waals surface area contributed by atoms with Gasteiger partial charge in [0.2, 0.25) is 17.7 Å². The Morgan fingerprint density at radius 1 is 1.06 bits per heavy atom. The van der Waals surface area contributed by atoms with Crippen LogP contribution in [0.2, 0.25) is 0 Å². The molecule has 8 nitrogen and oxygen atoms in total. The van der Waals surface area contributed by atoms with Crippen LogP contribution in [0.25, 0.3) is 11.1 Å². The molecule has 2 aromatic rings. The van der Waals surface area contributed by atoms with Crippen molar-refractivity contribution in [3.63, 3.8) is 0 Å². The summed E-state index contributed by atoms with van der Waals surface area (Å²) in [6.45, 7) is 2.30. The molecule has 3 atom stereocenters. The zero-order chi connectivity index (χ0) is 24.8. The predicted octanol–water partition coefficient (Wildman–Crippen LogP) is 3.41. The number of hydrogen-bond donors (Lipinski definition) is 3. The van der Waals surface area contributed by atoms with Crippen molar-refractivity contribution in [3.8, 4) is 11.1 Å². The molecule has 0 radical (unpaired) electrons. The van der Waals surface area contributed by atoms with E-state index in [1.54, 1.807) is 25.1 Å². The van der Waals surface area contributed by atoms with E-state index in [4.69, 9.17) is 0 Å². The van der Waals surface area contributed by atoms with Crippen molar-refractivity contribution in [2.75, 3.05) is 18.9 Å². The van der Waals surface area contributed by atoms with Crippen molar-refractivity contribution in [1.82, 2.24) is 19.9 Å². The molecular formula is C26H35N5O3S. The third-order valence-corrected chi connectivity index (χ3v) is 7.96.